The molecule has 0 saturated carbocycles. The molecule has 2 N–H and O–H groups in total. The quantitative estimate of drug-likeness (QED) is 0.816. The zero-order valence-corrected chi connectivity index (χ0v) is 14.8. The second-order valence-corrected chi connectivity index (χ2v) is 6.63. The van der Waals surface area contributed by atoms with E-state index in [-0.39, 0.29) is 25.7 Å². The molecule has 0 aromatic heterocycles. The summed E-state index contributed by atoms with van der Waals surface area (Å²) in [5.41, 5.74) is 1.09. The van der Waals surface area contributed by atoms with Crippen LogP contribution in [0, 0.1) is 5.92 Å². The Morgan fingerprint density at radius 2 is 1.86 bits per heavy atom. The van der Waals surface area contributed by atoms with Crippen LogP contribution >= 0.6 is 0 Å². The molecule has 0 aliphatic carbocycles. The highest BCUT2D eigenvalue weighted by molar-refractivity contribution is 6.01. The van der Waals surface area contributed by atoms with Crippen LogP contribution in [-0.2, 0) is 14.4 Å². The molecule has 0 spiro atoms. The van der Waals surface area contributed by atoms with Crippen molar-refractivity contribution in [2.75, 3.05) is 18.2 Å². The Bertz CT molecular complexity index is 930. The molecule has 2 aromatic rings. The molecule has 2 atom stereocenters. The van der Waals surface area contributed by atoms with E-state index in [2.05, 4.69) is 5.32 Å². The average Bonchev–Trinajstić information content (AvgIpc) is 3.32. The standard InChI is InChI=1S/C20H18N2O6/c23-17-8-13(10-22(17)14-6-7-15-16(9-14)28-11-27-15)19(24)21-18(20(25)26)12-4-2-1-3-5-12/h1-7,9,13,18H,8,10-11H2,(H,21,24)(H,25,26). The summed E-state index contributed by atoms with van der Waals surface area (Å²) in [6, 6.07) is 12.4. The van der Waals surface area contributed by atoms with Crippen LogP contribution < -0.4 is 19.7 Å². The van der Waals surface area contributed by atoms with Crippen molar-refractivity contribution in [2.45, 2.75) is 12.5 Å². The average molecular weight is 382 g/mol. The highest BCUT2D eigenvalue weighted by Gasteiger charge is 2.37. The van der Waals surface area contributed by atoms with E-state index in [1.807, 2.05) is 0 Å². The number of benzene rings is 2. The molecule has 2 aliphatic rings. The Kier molecular flexibility index (Phi) is 4.60. The third kappa shape index (κ3) is 3.36. The number of aliphatic carboxylic acids is 1. The molecule has 0 radical (unpaired) electrons. The third-order valence-corrected chi connectivity index (χ3v) is 4.83. The summed E-state index contributed by atoms with van der Waals surface area (Å²) >= 11 is 0. The molecule has 2 aliphatic heterocycles. The van der Waals surface area contributed by atoms with Crippen LogP contribution in [0.3, 0.4) is 0 Å². The molecule has 2 heterocycles. The highest BCUT2D eigenvalue weighted by atomic mass is 16.7. The maximum Gasteiger partial charge on any atom is 0.330 e. The molecular weight excluding hydrogens is 364 g/mol. The summed E-state index contributed by atoms with van der Waals surface area (Å²) in [6.45, 7) is 0.305. The molecule has 2 amide bonds. The Morgan fingerprint density at radius 1 is 1.11 bits per heavy atom. The normalized spacial score (nSPS) is 18.8. The minimum absolute atomic E-state index is 0.0153. The van der Waals surface area contributed by atoms with Crippen LogP contribution in [0.15, 0.2) is 48.5 Å². The van der Waals surface area contributed by atoms with Gasteiger partial charge in [-0.05, 0) is 17.7 Å². The lowest BCUT2D eigenvalue weighted by Gasteiger charge is -2.19. The number of nitrogens with zero attached hydrogens (tertiary/aromatic N) is 1. The number of fused-ring (bicyclic) bond motifs is 1. The monoisotopic (exact) mass is 382 g/mol. The number of carboxylic acid groups (broad SMARTS) is 1. The Labute approximate surface area is 160 Å². The van der Waals surface area contributed by atoms with E-state index < -0.39 is 23.8 Å². The van der Waals surface area contributed by atoms with E-state index in [0.29, 0.717) is 22.7 Å². The second-order valence-electron chi connectivity index (χ2n) is 6.63. The van der Waals surface area contributed by atoms with Gasteiger partial charge in [-0.2, -0.15) is 0 Å². The minimum Gasteiger partial charge on any atom is -0.479 e. The predicted molar refractivity (Wildman–Crippen MR) is 98.0 cm³/mol. The van der Waals surface area contributed by atoms with Crippen LogP contribution in [0.1, 0.15) is 18.0 Å². The van der Waals surface area contributed by atoms with Gasteiger partial charge in [-0.15, -0.1) is 0 Å². The van der Waals surface area contributed by atoms with Crippen molar-refractivity contribution in [3.63, 3.8) is 0 Å². The van der Waals surface area contributed by atoms with Gasteiger partial charge >= 0.3 is 5.97 Å². The van der Waals surface area contributed by atoms with Gasteiger partial charge in [0, 0.05) is 24.7 Å². The number of nitrogens with one attached hydrogen (secondary N) is 1. The molecule has 144 valence electrons. The van der Waals surface area contributed by atoms with Crippen molar-refractivity contribution in [1.82, 2.24) is 5.32 Å². The van der Waals surface area contributed by atoms with Gasteiger partial charge in [0.25, 0.3) is 0 Å². The Morgan fingerprint density at radius 3 is 2.61 bits per heavy atom. The molecule has 2 unspecified atom stereocenters. The molecule has 1 saturated heterocycles. The van der Waals surface area contributed by atoms with Crippen molar-refractivity contribution in [1.29, 1.82) is 0 Å². The van der Waals surface area contributed by atoms with E-state index in [9.17, 15) is 19.5 Å². The van der Waals surface area contributed by atoms with Gasteiger partial charge in [0.2, 0.25) is 18.6 Å². The van der Waals surface area contributed by atoms with Crippen molar-refractivity contribution in [3.05, 3.63) is 54.1 Å². The molecule has 8 heteroatoms. The first kappa shape index (κ1) is 17.8. The summed E-state index contributed by atoms with van der Waals surface area (Å²) in [5.74, 6) is -1.30. The molecule has 4 rings (SSSR count). The van der Waals surface area contributed by atoms with Gasteiger partial charge in [0.15, 0.2) is 17.5 Å². The number of anilines is 1. The fourth-order valence-corrected chi connectivity index (χ4v) is 3.38. The molecule has 1 fully saturated rings. The molecule has 0 bridgehead atoms. The molecule has 28 heavy (non-hydrogen) atoms. The van der Waals surface area contributed by atoms with Crippen LogP contribution in [0.5, 0.6) is 11.5 Å². The van der Waals surface area contributed by atoms with Crippen LogP contribution in [0.2, 0.25) is 0 Å². The predicted octanol–water partition coefficient (Wildman–Crippen LogP) is 1.71. The van der Waals surface area contributed by atoms with Crippen LogP contribution in [0.4, 0.5) is 5.69 Å². The number of hydrogen-bond donors (Lipinski definition) is 2. The zero-order valence-electron chi connectivity index (χ0n) is 14.8. The van der Waals surface area contributed by atoms with Crippen molar-refractivity contribution < 1.29 is 29.0 Å². The second kappa shape index (κ2) is 7.22. The lowest BCUT2D eigenvalue weighted by Crippen LogP contribution is -2.38. The summed E-state index contributed by atoms with van der Waals surface area (Å²) in [5, 5.41) is 12.0. The first-order chi connectivity index (χ1) is 13.5. The minimum atomic E-state index is -1.16. The van der Waals surface area contributed by atoms with E-state index in [1.165, 1.54) is 4.90 Å². The van der Waals surface area contributed by atoms with E-state index in [0.717, 1.165) is 0 Å². The Balaban J connectivity index is 1.47. The fraction of sp³-hybridized carbons (Fsp3) is 0.250. The summed E-state index contributed by atoms with van der Waals surface area (Å²) in [4.78, 5) is 38.2. The summed E-state index contributed by atoms with van der Waals surface area (Å²) in [6.07, 6.45) is 0.0153. The third-order valence-electron chi connectivity index (χ3n) is 4.83. The van der Waals surface area contributed by atoms with Crippen LogP contribution in [0.25, 0.3) is 0 Å². The number of carboxylic acids is 1. The van der Waals surface area contributed by atoms with Crippen molar-refractivity contribution >= 4 is 23.5 Å². The Hall–Kier alpha value is -3.55. The van der Waals surface area contributed by atoms with Gasteiger partial charge in [-0.3, -0.25) is 9.59 Å². The summed E-state index contributed by atoms with van der Waals surface area (Å²) < 4.78 is 10.6. The SMILES string of the molecule is O=C(NC(C(=O)O)c1ccccc1)C1CC(=O)N(c2ccc3c(c2)OCO3)C1. The molecule has 8 nitrogen and oxygen atoms in total. The van der Waals surface area contributed by atoms with E-state index in [4.69, 9.17) is 9.47 Å². The number of ether oxygens (including phenoxy) is 2. The smallest absolute Gasteiger partial charge is 0.330 e. The number of amides is 2. The highest BCUT2D eigenvalue weighted by Crippen LogP contribution is 2.37. The molecule has 2 aromatic carbocycles. The molecular formula is C20H18N2O6. The maximum absolute atomic E-state index is 12.6. The van der Waals surface area contributed by atoms with E-state index >= 15 is 0 Å². The number of carbonyl (C=O) groups excluding carboxylic acids is 2. The van der Waals surface area contributed by atoms with Gasteiger partial charge in [-0.1, -0.05) is 30.3 Å². The first-order valence-corrected chi connectivity index (χ1v) is 8.81. The maximum atomic E-state index is 12.6. The number of hydrogen-bond acceptors (Lipinski definition) is 5. The van der Waals surface area contributed by atoms with Gasteiger partial charge in [0.05, 0.1) is 5.92 Å². The number of carbonyl (C=O) groups is 3. The van der Waals surface area contributed by atoms with Crippen molar-refractivity contribution in [3.8, 4) is 11.5 Å². The number of rotatable bonds is 5. The van der Waals surface area contributed by atoms with Crippen molar-refractivity contribution in [2.24, 2.45) is 5.92 Å². The van der Waals surface area contributed by atoms with Gasteiger partial charge in [-0.25, -0.2) is 4.79 Å². The van der Waals surface area contributed by atoms with Gasteiger partial charge in [0.1, 0.15) is 0 Å². The summed E-state index contributed by atoms with van der Waals surface area (Å²) in [7, 11) is 0. The zero-order chi connectivity index (χ0) is 19.7. The van der Waals surface area contributed by atoms with Gasteiger partial charge < -0.3 is 24.8 Å². The lowest BCUT2D eigenvalue weighted by molar-refractivity contribution is -0.142. The largest absolute Gasteiger partial charge is 0.479 e. The fourth-order valence-electron chi connectivity index (χ4n) is 3.38. The van der Waals surface area contributed by atoms with Crippen LogP contribution in [-0.4, -0.2) is 36.2 Å². The topological polar surface area (TPSA) is 105 Å². The van der Waals surface area contributed by atoms with E-state index in [1.54, 1.807) is 48.5 Å². The first-order valence-electron chi connectivity index (χ1n) is 8.81. The lowest BCUT2D eigenvalue weighted by atomic mass is 10.0.